The first-order valence-corrected chi connectivity index (χ1v) is 6.25. The van der Waals surface area contributed by atoms with Crippen molar-refractivity contribution < 1.29 is 0 Å². The van der Waals surface area contributed by atoms with Crippen molar-refractivity contribution >= 4 is 33.0 Å². The zero-order valence-corrected chi connectivity index (χ0v) is 11.5. The molecular formula is C14H15BrN2. The van der Waals surface area contributed by atoms with Crippen LogP contribution in [0.2, 0.25) is 0 Å². The van der Waals surface area contributed by atoms with E-state index in [0.29, 0.717) is 0 Å². The summed E-state index contributed by atoms with van der Waals surface area (Å²) in [6, 6.07) is 12.1. The maximum Gasteiger partial charge on any atom is 0.0434 e. The van der Waals surface area contributed by atoms with Crippen LogP contribution in [0.3, 0.4) is 0 Å². The molecule has 0 fully saturated rings. The van der Waals surface area contributed by atoms with Crippen LogP contribution in [0, 0.1) is 13.8 Å². The van der Waals surface area contributed by atoms with Crippen molar-refractivity contribution in [2.24, 2.45) is 0 Å². The van der Waals surface area contributed by atoms with Gasteiger partial charge in [0.15, 0.2) is 0 Å². The largest absolute Gasteiger partial charge is 0.399 e. The number of anilines is 3. The minimum absolute atomic E-state index is 0.770. The number of nitrogens with one attached hydrogen (secondary N) is 1. The third-order valence-corrected chi connectivity index (χ3v) is 3.59. The zero-order valence-electron chi connectivity index (χ0n) is 9.92. The van der Waals surface area contributed by atoms with Gasteiger partial charge < -0.3 is 11.1 Å². The number of hydrogen-bond acceptors (Lipinski definition) is 2. The smallest absolute Gasteiger partial charge is 0.0434 e. The fraction of sp³-hybridized carbons (Fsp3) is 0.143. The number of hydrogen-bond donors (Lipinski definition) is 2. The number of nitrogen functional groups attached to an aromatic ring is 1. The Hall–Kier alpha value is -1.48. The van der Waals surface area contributed by atoms with Crippen molar-refractivity contribution in [1.82, 2.24) is 0 Å². The Morgan fingerprint density at radius 3 is 2.47 bits per heavy atom. The van der Waals surface area contributed by atoms with E-state index in [1.54, 1.807) is 0 Å². The second-order valence-corrected chi connectivity index (χ2v) is 5.02. The first-order chi connectivity index (χ1) is 8.06. The second-order valence-electron chi connectivity index (χ2n) is 4.16. The molecule has 0 aliphatic rings. The van der Waals surface area contributed by atoms with Gasteiger partial charge in [0.2, 0.25) is 0 Å². The predicted octanol–water partition coefficient (Wildman–Crippen LogP) is 4.39. The molecule has 2 rings (SSSR count). The van der Waals surface area contributed by atoms with Crippen molar-refractivity contribution in [2.75, 3.05) is 11.1 Å². The van der Waals surface area contributed by atoms with Gasteiger partial charge in [-0.15, -0.1) is 0 Å². The van der Waals surface area contributed by atoms with Gasteiger partial charge in [0.25, 0.3) is 0 Å². The van der Waals surface area contributed by atoms with E-state index in [2.05, 4.69) is 41.2 Å². The first-order valence-electron chi connectivity index (χ1n) is 5.45. The van der Waals surface area contributed by atoms with Crippen LogP contribution >= 0.6 is 15.9 Å². The van der Waals surface area contributed by atoms with Crippen molar-refractivity contribution in [3.8, 4) is 0 Å². The van der Waals surface area contributed by atoms with Gasteiger partial charge in [0.1, 0.15) is 0 Å². The molecule has 0 aromatic heterocycles. The van der Waals surface area contributed by atoms with Crippen LogP contribution in [0.15, 0.2) is 40.9 Å². The van der Waals surface area contributed by atoms with Crippen molar-refractivity contribution in [1.29, 1.82) is 0 Å². The van der Waals surface area contributed by atoms with E-state index in [4.69, 9.17) is 5.73 Å². The van der Waals surface area contributed by atoms with Gasteiger partial charge >= 0.3 is 0 Å². The summed E-state index contributed by atoms with van der Waals surface area (Å²) in [6.45, 7) is 4.13. The van der Waals surface area contributed by atoms with Gasteiger partial charge in [0, 0.05) is 21.5 Å². The molecule has 0 aliphatic carbocycles. The molecule has 0 radical (unpaired) electrons. The average molecular weight is 291 g/mol. The summed E-state index contributed by atoms with van der Waals surface area (Å²) in [5.74, 6) is 0. The average Bonchev–Trinajstić information content (AvgIpc) is 2.29. The molecule has 2 aromatic rings. The minimum Gasteiger partial charge on any atom is -0.399 e. The lowest BCUT2D eigenvalue weighted by atomic mass is 10.1. The standard InChI is InChI=1S/C14H15BrN2/c1-9-3-4-11(16)8-14(9)17-12-5-6-13(15)10(2)7-12/h3-8,17H,16H2,1-2H3. The molecule has 3 N–H and O–H groups in total. The van der Waals surface area contributed by atoms with E-state index in [9.17, 15) is 0 Å². The molecule has 88 valence electrons. The number of benzene rings is 2. The van der Waals surface area contributed by atoms with Crippen LogP contribution in [-0.2, 0) is 0 Å². The Kier molecular flexibility index (Phi) is 3.38. The van der Waals surface area contributed by atoms with Crippen molar-refractivity contribution in [3.05, 3.63) is 52.0 Å². The lowest BCUT2D eigenvalue weighted by Gasteiger charge is -2.11. The van der Waals surface area contributed by atoms with Gasteiger partial charge in [-0.25, -0.2) is 0 Å². The molecule has 3 heteroatoms. The van der Waals surface area contributed by atoms with Gasteiger partial charge in [0.05, 0.1) is 0 Å². The highest BCUT2D eigenvalue weighted by Crippen LogP contribution is 2.25. The van der Waals surface area contributed by atoms with Gasteiger partial charge in [-0.1, -0.05) is 22.0 Å². The highest BCUT2D eigenvalue weighted by atomic mass is 79.9. The molecule has 0 atom stereocenters. The van der Waals surface area contributed by atoms with Crippen LogP contribution in [0.25, 0.3) is 0 Å². The number of nitrogens with two attached hydrogens (primary N) is 1. The lowest BCUT2D eigenvalue weighted by molar-refractivity contribution is 1.39. The Bertz CT molecular complexity index is 550. The molecule has 2 nitrogen and oxygen atoms in total. The Balaban J connectivity index is 2.31. The van der Waals surface area contributed by atoms with E-state index in [0.717, 1.165) is 21.5 Å². The molecule has 0 unspecified atom stereocenters. The highest BCUT2D eigenvalue weighted by molar-refractivity contribution is 9.10. The molecule has 2 aromatic carbocycles. The van der Waals surface area contributed by atoms with Crippen molar-refractivity contribution in [3.63, 3.8) is 0 Å². The van der Waals surface area contributed by atoms with E-state index < -0.39 is 0 Å². The maximum atomic E-state index is 5.79. The summed E-state index contributed by atoms with van der Waals surface area (Å²) < 4.78 is 1.12. The summed E-state index contributed by atoms with van der Waals surface area (Å²) in [5.41, 5.74) is 11.1. The number of halogens is 1. The molecule has 0 saturated carbocycles. The quantitative estimate of drug-likeness (QED) is 0.805. The summed E-state index contributed by atoms with van der Waals surface area (Å²) in [5, 5.41) is 3.38. The number of aryl methyl sites for hydroxylation is 2. The normalized spacial score (nSPS) is 10.3. The third kappa shape index (κ3) is 2.80. The topological polar surface area (TPSA) is 38.0 Å². The van der Waals surface area contributed by atoms with Gasteiger partial charge in [-0.2, -0.15) is 0 Å². The fourth-order valence-electron chi connectivity index (χ4n) is 1.65. The van der Waals surface area contributed by atoms with Crippen LogP contribution < -0.4 is 11.1 Å². The molecule has 0 aliphatic heterocycles. The Morgan fingerprint density at radius 1 is 1.00 bits per heavy atom. The summed E-state index contributed by atoms with van der Waals surface area (Å²) in [7, 11) is 0. The molecule has 0 saturated heterocycles. The summed E-state index contributed by atoms with van der Waals surface area (Å²) in [6.07, 6.45) is 0. The van der Waals surface area contributed by atoms with Crippen LogP contribution in [-0.4, -0.2) is 0 Å². The maximum absolute atomic E-state index is 5.79. The lowest BCUT2D eigenvalue weighted by Crippen LogP contribution is -1.95. The molecule has 17 heavy (non-hydrogen) atoms. The minimum atomic E-state index is 0.770. The Labute approximate surface area is 110 Å². The predicted molar refractivity (Wildman–Crippen MR) is 77.8 cm³/mol. The Morgan fingerprint density at radius 2 is 1.76 bits per heavy atom. The molecule has 0 spiro atoms. The monoisotopic (exact) mass is 290 g/mol. The van der Waals surface area contributed by atoms with Crippen molar-refractivity contribution in [2.45, 2.75) is 13.8 Å². The van der Waals surface area contributed by atoms with Crippen LogP contribution in [0.1, 0.15) is 11.1 Å². The van der Waals surface area contributed by atoms with E-state index in [1.165, 1.54) is 11.1 Å². The fourth-order valence-corrected chi connectivity index (χ4v) is 1.90. The van der Waals surface area contributed by atoms with Crippen LogP contribution in [0.5, 0.6) is 0 Å². The van der Waals surface area contributed by atoms with E-state index >= 15 is 0 Å². The summed E-state index contributed by atoms with van der Waals surface area (Å²) in [4.78, 5) is 0. The molecular weight excluding hydrogens is 276 g/mol. The van der Waals surface area contributed by atoms with Crippen LogP contribution in [0.4, 0.5) is 17.1 Å². The molecule has 0 heterocycles. The summed E-state index contributed by atoms with van der Waals surface area (Å²) >= 11 is 3.49. The van der Waals surface area contributed by atoms with E-state index in [1.807, 2.05) is 30.3 Å². The third-order valence-electron chi connectivity index (χ3n) is 2.70. The SMILES string of the molecule is Cc1cc(Nc2cc(N)ccc2C)ccc1Br. The molecule has 0 bridgehead atoms. The molecule has 0 amide bonds. The van der Waals surface area contributed by atoms with E-state index in [-0.39, 0.29) is 0 Å². The zero-order chi connectivity index (χ0) is 12.4. The number of rotatable bonds is 2. The first kappa shape index (κ1) is 12.0. The highest BCUT2D eigenvalue weighted by Gasteiger charge is 2.01. The van der Waals surface area contributed by atoms with Gasteiger partial charge in [-0.05, 0) is 55.3 Å². The van der Waals surface area contributed by atoms with Gasteiger partial charge in [-0.3, -0.25) is 0 Å². The second kappa shape index (κ2) is 4.80.